The van der Waals surface area contributed by atoms with Crippen LogP contribution in [0.5, 0.6) is 5.75 Å². The normalized spacial score (nSPS) is 10.7. The Morgan fingerprint density at radius 2 is 1.68 bits per heavy atom. The monoisotopic (exact) mass is 349 g/mol. The van der Waals surface area contributed by atoms with E-state index >= 15 is 0 Å². The summed E-state index contributed by atoms with van der Waals surface area (Å²) in [6.07, 6.45) is -0.139. The number of nitrogen functional groups attached to an aromatic ring is 1. The number of rotatable bonds is 3. The van der Waals surface area contributed by atoms with Crippen molar-refractivity contribution in [2.75, 3.05) is 5.73 Å². The molecule has 0 spiro atoms. The second kappa shape index (κ2) is 8.23. The number of aromatic nitrogens is 2. The first kappa shape index (κ1) is 18.4. The Morgan fingerprint density at radius 1 is 1.04 bits per heavy atom. The lowest BCUT2D eigenvalue weighted by molar-refractivity contribution is -0.274. The highest BCUT2D eigenvalue weighted by Crippen LogP contribution is 2.22. The molecule has 0 bridgehead atoms. The highest BCUT2D eigenvalue weighted by Gasteiger charge is 2.30. The number of aromatic amines is 1. The fourth-order valence-electron chi connectivity index (χ4n) is 1.98. The van der Waals surface area contributed by atoms with Crippen LogP contribution in [-0.4, -0.2) is 16.3 Å². The Morgan fingerprint density at radius 3 is 2.20 bits per heavy atom. The van der Waals surface area contributed by atoms with Crippen molar-refractivity contribution in [2.24, 2.45) is 0 Å². The van der Waals surface area contributed by atoms with Crippen molar-refractivity contribution in [2.45, 2.75) is 19.7 Å². The number of nitrogens with two attached hydrogens (primary N) is 1. The van der Waals surface area contributed by atoms with Crippen molar-refractivity contribution < 1.29 is 17.9 Å². The Bertz CT molecular complexity index is 752. The number of imidazole rings is 1. The van der Waals surface area contributed by atoms with Gasteiger partial charge in [0.15, 0.2) is 0 Å². The van der Waals surface area contributed by atoms with Gasteiger partial charge in [0.1, 0.15) is 5.75 Å². The summed E-state index contributed by atoms with van der Waals surface area (Å²) in [4.78, 5) is 7.07. The third kappa shape index (κ3) is 6.99. The molecule has 7 heteroatoms. The molecule has 1 aromatic heterocycles. The van der Waals surface area contributed by atoms with E-state index in [9.17, 15) is 13.2 Å². The van der Waals surface area contributed by atoms with Gasteiger partial charge in [-0.3, -0.25) is 0 Å². The van der Waals surface area contributed by atoms with Crippen molar-refractivity contribution in [3.05, 3.63) is 77.9 Å². The smallest absolute Gasteiger partial charge is 0.406 e. The molecule has 3 rings (SSSR count). The van der Waals surface area contributed by atoms with E-state index in [2.05, 4.69) is 45.9 Å². The predicted octanol–water partition coefficient (Wildman–Crippen LogP) is 4.48. The number of hydrogen-bond acceptors (Lipinski definition) is 3. The van der Waals surface area contributed by atoms with Gasteiger partial charge in [0.05, 0.1) is 6.33 Å². The molecule has 2 aromatic carbocycles. The van der Waals surface area contributed by atoms with E-state index in [-0.39, 0.29) is 5.75 Å². The number of alkyl halides is 3. The quantitative estimate of drug-likeness (QED) is 0.686. The van der Waals surface area contributed by atoms with Crippen LogP contribution >= 0.6 is 0 Å². The number of H-pyrrole nitrogens is 1. The lowest BCUT2D eigenvalue weighted by Crippen LogP contribution is -2.16. The molecule has 0 fully saturated rings. The fraction of sp³-hybridized carbons (Fsp3) is 0.167. The van der Waals surface area contributed by atoms with Crippen molar-refractivity contribution in [1.29, 1.82) is 0 Å². The maximum absolute atomic E-state index is 11.6. The van der Waals surface area contributed by atoms with Crippen LogP contribution < -0.4 is 10.5 Å². The summed E-state index contributed by atoms with van der Waals surface area (Å²) in [5.41, 5.74) is 9.42. The third-order valence-corrected chi connectivity index (χ3v) is 3.18. The molecule has 0 aliphatic carbocycles. The standard InChI is InChI=1S/C11H12N2.C7H6F3NO/c1-9-2-4-10(5-3-9)6-11-7-12-8-13-11;8-7(9,10)12-6-3-1-5(11)2-4-6/h2-5,7-8H,6H2,1H3,(H,12,13);1-4H,11H2. The van der Waals surface area contributed by atoms with E-state index in [0.717, 1.165) is 24.2 Å². The average molecular weight is 349 g/mol. The van der Waals surface area contributed by atoms with Crippen molar-refractivity contribution in [3.8, 4) is 5.75 Å². The minimum Gasteiger partial charge on any atom is -0.406 e. The van der Waals surface area contributed by atoms with Gasteiger partial charge in [0, 0.05) is 24.0 Å². The molecule has 0 aliphatic heterocycles. The fourth-order valence-corrected chi connectivity index (χ4v) is 1.98. The lowest BCUT2D eigenvalue weighted by Gasteiger charge is -2.07. The van der Waals surface area contributed by atoms with E-state index in [1.807, 2.05) is 6.20 Å². The number of nitrogens with zero attached hydrogens (tertiary/aromatic N) is 1. The Kier molecular flexibility index (Phi) is 6.05. The molecule has 0 saturated carbocycles. The number of nitrogens with one attached hydrogen (secondary N) is 1. The second-order valence-corrected chi connectivity index (χ2v) is 5.36. The predicted molar refractivity (Wildman–Crippen MR) is 90.1 cm³/mol. The van der Waals surface area contributed by atoms with E-state index in [1.54, 1.807) is 6.33 Å². The molecule has 0 radical (unpaired) electrons. The molecule has 0 amide bonds. The summed E-state index contributed by atoms with van der Waals surface area (Å²) in [6.45, 7) is 2.10. The molecule has 0 atom stereocenters. The van der Waals surface area contributed by atoms with Gasteiger partial charge in [-0.25, -0.2) is 4.98 Å². The minimum absolute atomic E-state index is 0.267. The van der Waals surface area contributed by atoms with E-state index < -0.39 is 6.36 Å². The van der Waals surface area contributed by atoms with Crippen molar-refractivity contribution in [3.63, 3.8) is 0 Å². The molecule has 132 valence electrons. The topological polar surface area (TPSA) is 63.9 Å². The van der Waals surface area contributed by atoms with Gasteiger partial charge in [0.25, 0.3) is 0 Å². The number of anilines is 1. The largest absolute Gasteiger partial charge is 0.573 e. The number of aryl methyl sites for hydroxylation is 1. The highest BCUT2D eigenvalue weighted by atomic mass is 19.4. The van der Waals surface area contributed by atoms with E-state index in [0.29, 0.717) is 5.69 Å². The van der Waals surface area contributed by atoms with E-state index in [4.69, 9.17) is 5.73 Å². The van der Waals surface area contributed by atoms with Crippen molar-refractivity contribution >= 4 is 5.69 Å². The zero-order valence-electron chi connectivity index (χ0n) is 13.5. The Labute approximate surface area is 143 Å². The molecule has 0 saturated heterocycles. The molecular weight excluding hydrogens is 331 g/mol. The first-order valence-electron chi connectivity index (χ1n) is 7.46. The zero-order valence-corrected chi connectivity index (χ0v) is 13.5. The number of halogens is 3. The summed E-state index contributed by atoms with van der Waals surface area (Å²) in [6, 6.07) is 13.5. The van der Waals surface area contributed by atoms with Gasteiger partial charge >= 0.3 is 6.36 Å². The van der Waals surface area contributed by atoms with Crippen LogP contribution in [-0.2, 0) is 6.42 Å². The van der Waals surface area contributed by atoms with Crippen LogP contribution in [0.4, 0.5) is 18.9 Å². The number of hydrogen-bond donors (Lipinski definition) is 2. The Hall–Kier alpha value is -2.96. The zero-order chi connectivity index (χ0) is 18.3. The highest BCUT2D eigenvalue weighted by molar-refractivity contribution is 5.41. The molecular formula is C18H18F3N3O. The molecule has 0 unspecified atom stereocenters. The van der Waals surface area contributed by atoms with Gasteiger partial charge < -0.3 is 15.5 Å². The number of benzene rings is 2. The van der Waals surface area contributed by atoms with Crippen LogP contribution in [0.1, 0.15) is 16.8 Å². The number of ether oxygens (including phenoxy) is 1. The molecule has 3 N–H and O–H groups in total. The van der Waals surface area contributed by atoms with E-state index in [1.165, 1.54) is 23.3 Å². The summed E-state index contributed by atoms with van der Waals surface area (Å²) in [5, 5.41) is 0. The maximum atomic E-state index is 11.6. The maximum Gasteiger partial charge on any atom is 0.573 e. The lowest BCUT2D eigenvalue weighted by atomic mass is 10.1. The molecule has 3 aromatic rings. The first-order valence-corrected chi connectivity index (χ1v) is 7.46. The summed E-state index contributed by atoms with van der Waals surface area (Å²) in [5.74, 6) is -0.267. The van der Waals surface area contributed by atoms with Gasteiger partial charge in [-0.1, -0.05) is 29.8 Å². The van der Waals surface area contributed by atoms with Crippen LogP contribution in [0.2, 0.25) is 0 Å². The van der Waals surface area contributed by atoms with Crippen molar-refractivity contribution in [1.82, 2.24) is 9.97 Å². The van der Waals surface area contributed by atoms with Gasteiger partial charge in [-0.2, -0.15) is 0 Å². The van der Waals surface area contributed by atoms with Crippen LogP contribution in [0.25, 0.3) is 0 Å². The minimum atomic E-state index is -4.64. The molecule has 1 heterocycles. The van der Waals surface area contributed by atoms with Crippen LogP contribution in [0.15, 0.2) is 61.1 Å². The van der Waals surface area contributed by atoms with Gasteiger partial charge in [-0.15, -0.1) is 13.2 Å². The Balaban J connectivity index is 0.000000181. The van der Waals surface area contributed by atoms with Crippen LogP contribution in [0.3, 0.4) is 0 Å². The summed E-state index contributed by atoms with van der Waals surface area (Å²) < 4.78 is 38.4. The first-order chi connectivity index (χ1) is 11.8. The third-order valence-electron chi connectivity index (χ3n) is 3.18. The summed E-state index contributed by atoms with van der Waals surface area (Å²) >= 11 is 0. The SMILES string of the molecule is Cc1ccc(Cc2cnc[nH]2)cc1.Nc1ccc(OC(F)(F)F)cc1. The summed E-state index contributed by atoms with van der Waals surface area (Å²) in [7, 11) is 0. The molecule has 25 heavy (non-hydrogen) atoms. The molecule has 4 nitrogen and oxygen atoms in total. The van der Waals surface area contributed by atoms with Crippen LogP contribution in [0, 0.1) is 6.92 Å². The molecule has 0 aliphatic rings. The van der Waals surface area contributed by atoms with Gasteiger partial charge in [0.2, 0.25) is 0 Å². The van der Waals surface area contributed by atoms with Gasteiger partial charge in [-0.05, 0) is 36.8 Å². The second-order valence-electron chi connectivity index (χ2n) is 5.36. The average Bonchev–Trinajstić information content (AvgIpc) is 3.04.